The van der Waals surface area contributed by atoms with Crippen LogP contribution < -0.4 is 15.0 Å². The van der Waals surface area contributed by atoms with Crippen LogP contribution in [0.1, 0.15) is 16.7 Å². The number of carbonyl (C=O) groups is 2. The summed E-state index contributed by atoms with van der Waals surface area (Å²) < 4.78 is 5.95. The highest BCUT2D eigenvalue weighted by molar-refractivity contribution is 5.90. The normalized spacial score (nSPS) is 15.1. The second-order valence-corrected chi connectivity index (χ2v) is 9.20. The van der Waals surface area contributed by atoms with Crippen molar-refractivity contribution >= 4 is 17.5 Å². The maximum atomic E-state index is 12.7. The van der Waals surface area contributed by atoms with E-state index in [1.165, 1.54) is 4.90 Å². The number of hydrogen-bond donors (Lipinski definition) is 3. The van der Waals surface area contributed by atoms with Gasteiger partial charge < -0.3 is 30.1 Å². The Balaban J connectivity index is 1.24. The van der Waals surface area contributed by atoms with Gasteiger partial charge in [0.05, 0.1) is 0 Å². The maximum Gasteiger partial charge on any atom is 0.254 e. The number of nitrogens with one attached hydrogen (secondary N) is 1. The highest BCUT2D eigenvalue weighted by Crippen LogP contribution is 2.27. The fraction of sp³-hybridized carbons (Fsp3) is 0.310. The largest absolute Gasteiger partial charge is 0.457 e. The lowest BCUT2D eigenvalue weighted by molar-refractivity contribution is -0.153. The number of carbonyl (C=O) groups excluding carboxylic acids is 2. The molecule has 1 heterocycles. The van der Waals surface area contributed by atoms with Gasteiger partial charge in [0.1, 0.15) is 11.5 Å². The Kier molecular flexibility index (Phi) is 8.43. The Labute approximate surface area is 217 Å². The van der Waals surface area contributed by atoms with Crippen molar-refractivity contribution in [3.63, 3.8) is 0 Å². The van der Waals surface area contributed by atoms with Crippen LogP contribution in [0, 0.1) is 13.8 Å². The summed E-state index contributed by atoms with van der Waals surface area (Å²) in [6, 6.07) is 23.0. The highest BCUT2D eigenvalue weighted by Gasteiger charge is 2.34. The van der Waals surface area contributed by atoms with E-state index in [0.29, 0.717) is 31.9 Å². The number of para-hydroxylation sites is 1. The van der Waals surface area contributed by atoms with E-state index in [-0.39, 0.29) is 6.54 Å². The first-order chi connectivity index (χ1) is 17.8. The molecule has 0 saturated carbocycles. The molecule has 0 aromatic heterocycles. The quantitative estimate of drug-likeness (QED) is 0.437. The Morgan fingerprint density at radius 3 is 2.22 bits per heavy atom. The van der Waals surface area contributed by atoms with Crippen LogP contribution in [-0.2, 0) is 16.1 Å². The van der Waals surface area contributed by atoms with Gasteiger partial charge in [0, 0.05) is 38.4 Å². The van der Waals surface area contributed by atoms with Gasteiger partial charge in [0.2, 0.25) is 0 Å². The SMILES string of the molecule is Cc1cccc(Oc2ccc(CNC(=O)[C@H](O)[C@@H](O)C(=O)N3CCN(c4ccccc4)CC3)cc2)c1C. The fourth-order valence-electron chi connectivity index (χ4n) is 4.22. The number of aryl methyl sites for hydroxylation is 1. The molecule has 3 aromatic rings. The molecule has 1 fully saturated rings. The molecule has 4 rings (SSSR count). The van der Waals surface area contributed by atoms with E-state index in [1.807, 2.05) is 62.4 Å². The van der Waals surface area contributed by atoms with Crippen molar-refractivity contribution in [3.8, 4) is 11.5 Å². The summed E-state index contributed by atoms with van der Waals surface area (Å²) in [5.74, 6) is -0.00992. The molecule has 0 unspecified atom stereocenters. The second kappa shape index (κ2) is 11.9. The van der Waals surface area contributed by atoms with Crippen molar-refractivity contribution in [1.82, 2.24) is 10.2 Å². The van der Waals surface area contributed by atoms with Crippen LogP contribution in [0.4, 0.5) is 5.69 Å². The van der Waals surface area contributed by atoms with E-state index >= 15 is 0 Å². The third-order valence-electron chi connectivity index (χ3n) is 6.71. The summed E-state index contributed by atoms with van der Waals surface area (Å²) in [4.78, 5) is 28.8. The van der Waals surface area contributed by atoms with Crippen LogP contribution >= 0.6 is 0 Å². The van der Waals surface area contributed by atoms with E-state index in [4.69, 9.17) is 4.74 Å². The zero-order valence-corrected chi connectivity index (χ0v) is 21.1. The standard InChI is InChI=1S/C29H33N3O5/c1-20-7-6-10-25(21(20)2)37-24-13-11-22(12-14-24)19-30-28(35)26(33)27(34)29(36)32-17-15-31(16-18-32)23-8-4-3-5-9-23/h3-14,26-27,33-34H,15-19H2,1-2H3,(H,30,35)/t26-,27-/m1/s1. The van der Waals surface area contributed by atoms with Crippen molar-refractivity contribution in [3.05, 3.63) is 89.5 Å². The maximum absolute atomic E-state index is 12.7. The van der Waals surface area contributed by atoms with Crippen LogP contribution in [0.15, 0.2) is 72.8 Å². The minimum Gasteiger partial charge on any atom is -0.457 e. The minimum absolute atomic E-state index is 0.135. The topological polar surface area (TPSA) is 102 Å². The first kappa shape index (κ1) is 26.2. The van der Waals surface area contributed by atoms with E-state index < -0.39 is 24.0 Å². The number of amides is 2. The number of aliphatic hydroxyl groups excluding tert-OH is 2. The molecule has 2 atom stereocenters. The average Bonchev–Trinajstić information content (AvgIpc) is 2.94. The number of piperazine rings is 1. The number of anilines is 1. The number of rotatable bonds is 8. The van der Waals surface area contributed by atoms with E-state index in [9.17, 15) is 19.8 Å². The van der Waals surface area contributed by atoms with Gasteiger partial charge in [-0.1, -0.05) is 42.5 Å². The number of nitrogens with zero attached hydrogens (tertiary/aromatic N) is 2. The minimum atomic E-state index is -1.86. The lowest BCUT2D eigenvalue weighted by atomic mass is 10.1. The van der Waals surface area contributed by atoms with Crippen molar-refractivity contribution < 1.29 is 24.5 Å². The van der Waals surface area contributed by atoms with Crippen LogP contribution in [0.2, 0.25) is 0 Å². The molecular formula is C29H33N3O5. The highest BCUT2D eigenvalue weighted by atomic mass is 16.5. The van der Waals surface area contributed by atoms with Gasteiger partial charge in [-0.15, -0.1) is 0 Å². The molecule has 2 amide bonds. The summed E-state index contributed by atoms with van der Waals surface area (Å²) in [6.07, 6.45) is -3.68. The predicted molar refractivity (Wildman–Crippen MR) is 142 cm³/mol. The molecule has 1 saturated heterocycles. The average molecular weight is 504 g/mol. The van der Waals surface area contributed by atoms with E-state index in [2.05, 4.69) is 10.2 Å². The number of aliphatic hydroxyl groups is 2. The van der Waals surface area contributed by atoms with Crippen molar-refractivity contribution in [2.24, 2.45) is 0 Å². The summed E-state index contributed by atoms with van der Waals surface area (Å²) in [5, 5.41) is 23.3. The van der Waals surface area contributed by atoms with Gasteiger partial charge in [0.25, 0.3) is 11.8 Å². The molecule has 0 aliphatic carbocycles. The number of benzene rings is 3. The molecule has 1 aliphatic heterocycles. The lowest BCUT2D eigenvalue weighted by Crippen LogP contribution is -2.55. The van der Waals surface area contributed by atoms with Crippen LogP contribution in [0.3, 0.4) is 0 Å². The molecule has 3 N–H and O–H groups in total. The van der Waals surface area contributed by atoms with E-state index in [1.54, 1.807) is 24.3 Å². The van der Waals surface area contributed by atoms with Gasteiger partial charge >= 0.3 is 0 Å². The van der Waals surface area contributed by atoms with Crippen LogP contribution in [-0.4, -0.2) is 65.3 Å². The van der Waals surface area contributed by atoms with Gasteiger partial charge in [-0.25, -0.2) is 0 Å². The lowest BCUT2D eigenvalue weighted by Gasteiger charge is -2.37. The molecule has 8 heteroatoms. The predicted octanol–water partition coefficient (Wildman–Crippen LogP) is 2.78. The van der Waals surface area contributed by atoms with Crippen molar-refractivity contribution in [1.29, 1.82) is 0 Å². The molecule has 3 aromatic carbocycles. The molecule has 37 heavy (non-hydrogen) atoms. The zero-order chi connectivity index (χ0) is 26.4. The first-order valence-corrected chi connectivity index (χ1v) is 12.4. The van der Waals surface area contributed by atoms with Crippen molar-refractivity contribution in [2.75, 3.05) is 31.1 Å². The Morgan fingerprint density at radius 1 is 0.865 bits per heavy atom. The summed E-state index contributed by atoms with van der Waals surface area (Å²) >= 11 is 0. The van der Waals surface area contributed by atoms with Crippen LogP contribution in [0.5, 0.6) is 11.5 Å². The van der Waals surface area contributed by atoms with Gasteiger partial charge in [-0.3, -0.25) is 9.59 Å². The molecule has 8 nitrogen and oxygen atoms in total. The summed E-state index contributed by atoms with van der Waals surface area (Å²) in [5.41, 5.74) is 4.07. The van der Waals surface area contributed by atoms with Gasteiger partial charge in [-0.05, 0) is 60.9 Å². The molecule has 1 aliphatic rings. The Morgan fingerprint density at radius 2 is 1.54 bits per heavy atom. The molecule has 0 spiro atoms. The van der Waals surface area contributed by atoms with Crippen molar-refractivity contribution in [2.45, 2.75) is 32.6 Å². The number of ether oxygens (including phenoxy) is 1. The first-order valence-electron chi connectivity index (χ1n) is 12.4. The fourth-order valence-corrected chi connectivity index (χ4v) is 4.22. The smallest absolute Gasteiger partial charge is 0.254 e. The molecule has 194 valence electrons. The van der Waals surface area contributed by atoms with Crippen LogP contribution in [0.25, 0.3) is 0 Å². The van der Waals surface area contributed by atoms with E-state index in [0.717, 1.165) is 28.1 Å². The monoisotopic (exact) mass is 503 g/mol. The third-order valence-corrected chi connectivity index (χ3v) is 6.71. The molecular weight excluding hydrogens is 470 g/mol. The zero-order valence-electron chi connectivity index (χ0n) is 21.1. The number of hydrogen-bond acceptors (Lipinski definition) is 6. The summed E-state index contributed by atoms with van der Waals surface area (Å²) in [6.45, 7) is 6.17. The molecule has 0 bridgehead atoms. The Bertz CT molecular complexity index is 1210. The second-order valence-electron chi connectivity index (χ2n) is 9.20. The van der Waals surface area contributed by atoms with Gasteiger partial charge in [0.15, 0.2) is 12.2 Å². The summed E-state index contributed by atoms with van der Waals surface area (Å²) in [7, 11) is 0. The van der Waals surface area contributed by atoms with Gasteiger partial charge in [-0.2, -0.15) is 0 Å². The molecule has 0 radical (unpaired) electrons. The third kappa shape index (κ3) is 6.47. The Hall–Kier alpha value is -3.88.